The molecule has 2 aromatic carbocycles. The van der Waals surface area contributed by atoms with E-state index in [1.165, 1.54) is 6.08 Å². The minimum Gasteiger partial charge on any atom is -0.398 e. The molecule has 0 bridgehead atoms. The van der Waals surface area contributed by atoms with E-state index in [-0.39, 0.29) is 12.0 Å². The van der Waals surface area contributed by atoms with Crippen molar-refractivity contribution in [3.05, 3.63) is 85.1 Å². The van der Waals surface area contributed by atoms with Crippen LogP contribution in [-0.4, -0.2) is 20.7 Å². The molecule has 1 atom stereocenters. The quantitative estimate of drug-likeness (QED) is 0.420. The molecule has 0 fully saturated rings. The molecule has 0 N–H and O–H groups in total. The maximum atomic E-state index is 10.8. The van der Waals surface area contributed by atoms with Gasteiger partial charge in [-0.1, -0.05) is 86.3 Å². The monoisotopic (exact) mass is 336 g/mol. The van der Waals surface area contributed by atoms with Crippen molar-refractivity contribution in [3.8, 4) is 0 Å². The third-order valence-corrected chi connectivity index (χ3v) is 7.65. The normalized spacial score (nSPS) is 13.1. The van der Waals surface area contributed by atoms with E-state index in [0.717, 1.165) is 16.7 Å². The Balaban J connectivity index is 2.56. The van der Waals surface area contributed by atoms with Gasteiger partial charge in [-0.2, -0.15) is 0 Å². The number of rotatable bonds is 8. The fourth-order valence-electron chi connectivity index (χ4n) is 2.73. The molecule has 0 spiro atoms. The minimum absolute atomic E-state index is 0.153. The molecule has 0 amide bonds. The Morgan fingerprint density at radius 1 is 0.958 bits per heavy atom. The van der Waals surface area contributed by atoms with Gasteiger partial charge in [0.15, 0.2) is 0 Å². The van der Waals surface area contributed by atoms with Gasteiger partial charge in [-0.05, 0) is 22.4 Å². The largest absolute Gasteiger partial charge is 0.398 e. The molecular weight excluding hydrogens is 312 g/mol. The summed E-state index contributed by atoms with van der Waals surface area (Å²) in [4.78, 5) is 10.8. The van der Waals surface area contributed by atoms with E-state index in [9.17, 15) is 4.79 Å². The molecule has 0 aliphatic rings. The highest BCUT2D eigenvalue weighted by atomic mass is 28.4. The molecule has 0 saturated carbocycles. The van der Waals surface area contributed by atoms with Crippen molar-refractivity contribution >= 4 is 25.0 Å². The van der Waals surface area contributed by atoms with Gasteiger partial charge in [-0.3, -0.25) is 4.79 Å². The van der Waals surface area contributed by atoms with Crippen LogP contribution >= 0.6 is 0 Å². The van der Waals surface area contributed by atoms with E-state index in [4.69, 9.17) is 4.43 Å². The van der Waals surface area contributed by atoms with Gasteiger partial charge in [-0.25, -0.2) is 0 Å². The highest BCUT2D eigenvalue weighted by molar-refractivity contribution is 7.01. The van der Waals surface area contributed by atoms with Crippen LogP contribution < -0.4 is 10.4 Å². The zero-order valence-electron chi connectivity index (χ0n) is 14.3. The van der Waals surface area contributed by atoms with Crippen molar-refractivity contribution in [2.75, 3.05) is 0 Å². The maximum Gasteiger partial charge on any atom is 0.280 e. The number of hydrogen-bond acceptors (Lipinski definition) is 2. The molecule has 2 rings (SSSR count). The summed E-state index contributed by atoms with van der Waals surface area (Å²) < 4.78 is 6.70. The van der Waals surface area contributed by atoms with Gasteiger partial charge in [0.05, 0.1) is 6.10 Å². The molecule has 1 unspecified atom stereocenters. The summed E-state index contributed by atoms with van der Waals surface area (Å²) in [7, 11) is -2.60. The zero-order chi connectivity index (χ0) is 17.4. The first-order valence-electron chi connectivity index (χ1n) is 8.18. The summed E-state index contributed by atoms with van der Waals surface area (Å²) in [5.74, 6) is 0.250. The Labute approximate surface area is 145 Å². The van der Waals surface area contributed by atoms with E-state index in [2.05, 4.69) is 44.7 Å². The van der Waals surface area contributed by atoms with Gasteiger partial charge < -0.3 is 4.43 Å². The van der Waals surface area contributed by atoms with E-state index >= 15 is 0 Å². The number of carbonyl (C=O) groups excluding carboxylic acids is 1. The average Bonchev–Trinajstić information content (AvgIpc) is 2.63. The van der Waals surface area contributed by atoms with Crippen molar-refractivity contribution in [2.24, 2.45) is 5.92 Å². The number of allylic oxidation sites excluding steroid dienone is 1. The SMILES string of the molecule is C=C[Si](OC(/C=C/C=O)C(C)C)(c1ccccc1)c1ccccc1. The third-order valence-electron chi connectivity index (χ3n) is 4.05. The van der Waals surface area contributed by atoms with Crippen LogP contribution in [0.25, 0.3) is 0 Å². The average molecular weight is 337 g/mol. The number of hydrogen-bond donors (Lipinski definition) is 0. The van der Waals surface area contributed by atoms with Gasteiger partial charge >= 0.3 is 0 Å². The highest BCUT2D eigenvalue weighted by Gasteiger charge is 2.39. The molecule has 0 radical (unpaired) electrons. The lowest BCUT2D eigenvalue weighted by atomic mass is 10.1. The summed E-state index contributed by atoms with van der Waals surface area (Å²) in [5, 5.41) is 2.30. The predicted octanol–water partition coefficient (Wildman–Crippen LogP) is 3.27. The summed E-state index contributed by atoms with van der Waals surface area (Å²) in [6.07, 6.45) is 4.00. The molecule has 124 valence electrons. The lowest BCUT2D eigenvalue weighted by molar-refractivity contribution is -0.104. The van der Waals surface area contributed by atoms with Gasteiger partial charge in [0.25, 0.3) is 8.32 Å². The van der Waals surface area contributed by atoms with Crippen LogP contribution in [0.5, 0.6) is 0 Å². The summed E-state index contributed by atoms with van der Waals surface area (Å²) in [6, 6.07) is 20.5. The standard InChI is InChI=1S/C21H24O2Si/c1-4-24(19-12-7-5-8-13-19,20-14-9-6-10-15-20)23-21(18(2)3)16-11-17-22/h4-18,21H,1H2,2-3H3/b16-11+. The number of benzene rings is 2. The molecule has 0 aromatic heterocycles. The Morgan fingerprint density at radius 3 is 1.83 bits per heavy atom. The fourth-order valence-corrected chi connectivity index (χ4v) is 6.05. The van der Waals surface area contributed by atoms with Crippen molar-refractivity contribution in [1.29, 1.82) is 0 Å². The first-order chi connectivity index (χ1) is 11.6. The van der Waals surface area contributed by atoms with E-state index < -0.39 is 8.32 Å². The van der Waals surface area contributed by atoms with Gasteiger partial charge in [0.1, 0.15) is 6.29 Å². The fraction of sp³-hybridized carbons (Fsp3) is 0.190. The lowest BCUT2D eigenvalue weighted by Crippen LogP contribution is -2.61. The third kappa shape index (κ3) is 3.99. The van der Waals surface area contributed by atoms with Crippen molar-refractivity contribution in [3.63, 3.8) is 0 Å². The Bertz CT molecular complexity index is 638. The second-order valence-corrected chi connectivity index (χ2v) is 9.29. The van der Waals surface area contributed by atoms with Crippen molar-refractivity contribution in [2.45, 2.75) is 20.0 Å². The minimum atomic E-state index is -2.60. The Morgan fingerprint density at radius 2 is 1.46 bits per heavy atom. The highest BCUT2D eigenvalue weighted by Crippen LogP contribution is 2.17. The molecule has 2 nitrogen and oxygen atoms in total. The summed E-state index contributed by atoms with van der Waals surface area (Å²) in [5.41, 5.74) is 1.97. The van der Waals surface area contributed by atoms with Crippen LogP contribution in [0.2, 0.25) is 0 Å². The van der Waals surface area contributed by atoms with Crippen LogP contribution in [0.1, 0.15) is 13.8 Å². The topological polar surface area (TPSA) is 26.3 Å². The zero-order valence-corrected chi connectivity index (χ0v) is 15.3. The van der Waals surface area contributed by atoms with Crippen LogP contribution in [-0.2, 0) is 9.22 Å². The van der Waals surface area contributed by atoms with E-state index in [1.807, 2.05) is 48.2 Å². The van der Waals surface area contributed by atoms with Crippen molar-refractivity contribution < 1.29 is 9.22 Å². The van der Waals surface area contributed by atoms with Gasteiger partial charge in [0.2, 0.25) is 0 Å². The van der Waals surface area contributed by atoms with Gasteiger partial charge in [-0.15, -0.1) is 6.58 Å². The lowest BCUT2D eigenvalue weighted by Gasteiger charge is -2.34. The first-order valence-corrected chi connectivity index (χ1v) is 10.2. The molecular formula is C21H24O2Si. The van der Waals surface area contributed by atoms with E-state index in [0.29, 0.717) is 0 Å². The molecule has 24 heavy (non-hydrogen) atoms. The molecule has 0 aliphatic carbocycles. The van der Waals surface area contributed by atoms with Crippen LogP contribution in [0, 0.1) is 5.92 Å². The van der Waals surface area contributed by atoms with Gasteiger partial charge in [0, 0.05) is 0 Å². The Hall–Kier alpha value is -2.23. The summed E-state index contributed by atoms with van der Waals surface area (Å²) >= 11 is 0. The maximum absolute atomic E-state index is 10.8. The van der Waals surface area contributed by atoms with Crippen LogP contribution in [0.4, 0.5) is 0 Å². The second kappa shape index (κ2) is 8.57. The predicted molar refractivity (Wildman–Crippen MR) is 103 cm³/mol. The second-order valence-electron chi connectivity index (χ2n) is 6.02. The summed E-state index contributed by atoms with van der Waals surface area (Å²) in [6.45, 7) is 8.31. The molecule has 0 heterocycles. The van der Waals surface area contributed by atoms with E-state index in [1.54, 1.807) is 0 Å². The Kier molecular flexibility index (Phi) is 6.47. The number of aldehydes is 1. The molecule has 3 heteroatoms. The van der Waals surface area contributed by atoms with Crippen LogP contribution in [0.3, 0.4) is 0 Å². The molecule has 2 aromatic rings. The molecule has 0 saturated heterocycles. The van der Waals surface area contributed by atoms with Crippen molar-refractivity contribution in [1.82, 2.24) is 0 Å². The van der Waals surface area contributed by atoms with Crippen LogP contribution in [0.15, 0.2) is 85.1 Å². The first kappa shape index (κ1) is 18.1. The number of carbonyl (C=O) groups is 1. The molecule has 0 aliphatic heterocycles. The smallest absolute Gasteiger partial charge is 0.280 e.